The zero-order valence-corrected chi connectivity index (χ0v) is 22.0. The Hall–Kier alpha value is -0.0825. The van der Waals surface area contributed by atoms with Gasteiger partial charge in [0, 0.05) is 14.5 Å². The Morgan fingerprint density at radius 3 is 1.67 bits per heavy atom. The van der Waals surface area contributed by atoms with E-state index in [2.05, 4.69) is 107 Å². The number of hydrogen-bond acceptors (Lipinski definition) is 1. The van der Waals surface area contributed by atoms with E-state index in [-0.39, 0.29) is 0 Å². The molecule has 0 saturated heterocycles. The highest BCUT2D eigenvalue weighted by Gasteiger charge is 2.38. The summed E-state index contributed by atoms with van der Waals surface area (Å²) < 4.78 is 2.09. The molecule has 0 aromatic heterocycles. The Kier molecular flexibility index (Phi) is 7.01. The molecule has 24 heavy (non-hydrogen) atoms. The average molecular weight is 394 g/mol. The lowest BCUT2D eigenvalue weighted by Gasteiger charge is -2.39. The van der Waals surface area contributed by atoms with Gasteiger partial charge in [0.1, 0.15) is 0 Å². The third-order valence-electron chi connectivity index (χ3n) is 4.27. The fourth-order valence-corrected chi connectivity index (χ4v) is 41.3. The van der Waals surface area contributed by atoms with Gasteiger partial charge in [-0.2, -0.15) is 0 Å². The lowest BCUT2D eigenvalue weighted by molar-refractivity contribution is 0.403. The second-order valence-electron chi connectivity index (χ2n) is 10.4. The van der Waals surface area contributed by atoms with Gasteiger partial charge in [0.2, 0.25) is 0 Å². The molecule has 1 rings (SSSR count). The first-order valence-corrected chi connectivity index (χ1v) is 22.1. The predicted molar refractivity (Wildman–Crippen MR) is 124 cm³/mol. The highest BCUT2D eigenvalue weighted by Crippen LogP contribution is 2.19. The van der Waals surface area contributed by atoms with Gasteiger partial charge < -0.3 is 4.90 Å². The van der Waals surface area contributed by atoms with Crippen LogP contribution in [-0.2, 0) is 6.54 Å². The van der Waals surface area contributed by atoms with Gasteiger partial charge in [0.25, 0.3) is 0 Å². The van der Waals surface area contributed by atoms with Crippen LogP contribution < -0.4 is 5.19 Å². The maximum atomic E-state index is 2.62. The van der Waals surface area contributed by atoms with E-state index < -0.39 is 31.7 Å². The predicted octanol–water partition coefficient (Wildman–Crippen LogP) is 4.38. The molecule has 0 spiro atoms. The van der Waals surface area contributed by atoms with Gasteiger partial charge in [-0.05, 0) is 24.8 Å². The van der Waals surface area contributed by atoms with Crippen molar-refractivity contribution in [3.05, 3.63) is 29.8 Å². The van der Waals surface area contributed by atoms with Crippen molar-refractivity contribution in [3.8, 4) is 0 Å². The Morgan fingerprint density at radius 2 is 1.29 bits per heavy atom. The summed E-state index contributed by atoms with van der Waals surface area (Å²) in [6.45, 7) is 24.5. The van der Waals surface area contributed by atoms with E-state index in [9.17, 15) is 0 Å². The summed E-state index contributed by atoms with van der Waals surface area (Å²) in [6.07, 6.45) is 0. The second-order valence-corrected chi connectivity index (χ2v) is 34.2. The molecule has 1 aromatic carbocycles. The summed E-state index contributed by atoms with van der Waals surface area (Å²) in [4.78, 5) is 2.32. The fourth-order valence-electron chi connectivity index (χ4n) is 4.03. The van der Waals surface area contributed by atoms with E-state index in [1.54, 1.807) is 10.8 Å². The minimum atomic E-state index is -1.30. The molecule has 0 heterocycles. The van der Waals surface area contributed by atoms with Crippen LogP contribution in [0.4, 0.5) is 0 Å². The normalized spacial score (nSPS) is 13.3. The summed E-state index contributed by atoms with van der Waals surface area (Å²) in [5.74, 6) is 0. The molecule has 1 aromatic rings. The van der Waals surface area contributed by atoms with Crippen molar-refractivity contribution >= 4 is 41.3 Å². The molecule has 0 aliphatic heterocycles. The third kappa shape index (κ3) is 5.73. The third-order valence-corrected chi connectivity index (χ3v) is 28.4. The van der Waals surface area contributed by atoms with E-state index in [1.165, 1.54) is 0 Å². The first-order valence-electron chi connectivity index (χ1n) is 9.14. The van der Waals surface area contributed by atoms with E-state index in [0.717, 1.165) is 6.54 Å². The molecule has 0 aliphatic carbocycles. The van der Waals surface area contributed by atoms with Crippen LogP contribution in [-0.4, -0.2) is 55.1 Å². The van der Waals surface area contributed by atoms with Crippen molar-refractivity contribution in [1.82, 2.24) is 4.90 Å². The van der Waals surface area contributed by atoms with Crippen LogP contribution >= 0.6 is 0 Å². The Bertz CT molecular complexity index is 583. The molecule has 0 unspecified atom stereocenters. The van der Waals surface area contributed by atoms with Gasteiger partial charge in [0.05, 0.1) is 23.7 Å². The van der Waals surface area contributed by atoms with Crippen LogP contribution in [0, 0.1) is 0 Å². The first kappa shape index (κ1) is 22.0. The van der Waals surface area contributed by atoms with Gasteiger partial charge >= 0.3 is 0 Å². The highest BCUT2D eigenvalue weighted by atomic mass is 29.2. The molecular weight excluding hydrogens is 355 g/mol. The van der Waals surface area contributed by atoms with Gasteiger partial charge in [-0.15, -0.1) is 4.42 Å². The molecule has 0 N–H and O–H groups in total. The quantitative estimate of drug-likeness (QED) is 0.648. The minimum Gasteiger partial charge on any atom is -0.305 e. The molecule has 0 radical (unpaired) electrons. The van der Waals surface area contributed by atoms with Crippen LogP contribution in [0.3, 0.4) is 0 Å². The topological polar surface area (TPSA) is 3.24 Å². The molecule has 0 saturated carbocycles. The summed E-state index contributed by atoms with van der Waals surface area (Å²) in [5, 5.41) is 1.73. The molecule has 0 amide bonds. The number of benzene rings is 1. The Morgan fingerprint density at radius 1 is 0.833 bits per heavy atom. The van der Waals surface area contributed by atoms with Crippen LogP contribution in [0.1, 0.15) is 5.56 Å². The highest BCUT2D eigenvalue weighted by molar-refractivity contribution is 7.55. The first-order chi connectivity index (χ1) is 10.7. The lowest BCUT2D eigenvalue weighted by Crippen LogP contribution is -2.63. The lowest BCUT2D eigenvalue weighted by atomic mass is 10.2. The van der Waals surface area contributed by atoms with Gasteiger partial charge in [-0.3, -0.25) is 0 Å². The van der Waals surface area contributed by atoms with Crippen molar-refractivity contribution in [2.45, 2.75) is 65.5 Å². The maximum Gasteiger partial charge on any atom is 0.0632 e. The van der Waals surface area contributed by atoms with Crippen LogP contribution in [0.2, 0.25) is 58.9 Å². The SMILES string of the molecule is CN(C)Cc1ccccc1[Si](=C([Si](C)(C)C)[Si](C)(C)C)[Si](C)(C)C. The van der Waals surface area contributed by atoms with Crippen LogP contribution in [0.15, 0.2) is 24.3 Å². The van der Waals surface area contributed by atoms with Gasteiger partial charge in [-0.1, -0.05) is 83.2 Å². The van der Waals surface area contributed by atoms with Crippen molar-refractivity contribution in [2.75, 3.05) is 14.1 Å². The summed E-state index contributed by atoms with van der Waals surface area (Å²) in [7, 11) is -0.0942. The summed E-state index contributed by atoms with van der Waals surface area (Å²) >= 11 is 0. The maximum absolute atomic E-state index is 2.62. The van der Waals surface area contributed by atoms with Crippen molar-refractivity contribution in [2.24, 2.45) is 0 Å². The fraction of sp³-hybridized carbons (Fsp3) is 0.632. The smallest absolute Gasteiger partial charge is 0.0632 e. The van der Waals surface area contributed by atoms with Crippen LogP contribution in [0.25, 0.3) is 0 Å². The Balaban J connectivity index is 3.88. The second kappa shape index (κ2) is 7.66. The summed E-state index contributed by atoms with van der Waals surface area (Å²) in [6, 6.07) is 9.37. The molecule has 0 aliphatic rings. The van der Waals surface area contributed by atoms with E-state index in [0.29, 0.717) is 0 Å². The van der Waals surface area contributed by atoms with E-state index in [1.807, 2.05) is 0 Å². The monoisotopic (exact) mass is 393 g/mol. The van der Waals surface area contributed by atoms with E-state index >= 15 is 0 Å². The zero-order valence-electron chi connectivity index (χ0n) is 18.0. The zero-order chi connectivity index (χ0) is 18.9. The number of nitrogens with zero attached hydrogens (tertiary/aromatic N) is 1. The summed E-state index contributed by atoms with van der Waals surface area (Å²) in [5.41, 5.74) is 1.58. The molecule has 5 heteroatoms. The molecule has 0 bridgehead atoms. The van der Waals surface area contributed by atoms with Crippen molar-refractivity contribution < 1.29 is 0 Å². The number of hydrogen-bond donors (Lipinski definition) is 0. The van der Waals surface area contributed by atoms with Crippen LogP contribution in [0.5, 0.6) is 0 Å². The minimum absolute atomic E-state index is 0.613. The molecule has 0 fully saturated rings. The van der Waals surface area contributed by atoms with E-state index in [4.69, 9.17) is 0 Å². The van der Waals surface area contributed by atoms with Crippen molar-refractivity contribution in [1.29, 1.82) is 0 Å². The standard InChI is InChI=1S/C19H39NSi4/c1-20(2)16-17-14-12-13-15-18(17)21(24(9,10)11)19(22(3,4)5)23(6,7)8/h12-15H,16H2,1-11H3. The molecular formula is C19H39NSi4. The molecule has 1 nitrogen and oxygen atoms in total. The Labute approximate surface area is 155 Å². The largest absolute Gasteiger partial charge is 0.305 e. The molecule has 136 valence electrons. The number of rotatable bonds is 6. The van der Waals surface area contributed by atoms with Gasteiger partial charge in [-0.25, -0.2) is 0 Å². The average Bonchev–Trinajstić information content (AvgIpc) is 2.31. The van der Waals surface area contributed by atoms with Gasteiger partial charge in [0.15, 0.2) is 0 Å². The molecule has 0 atom stereocenters. The van der Waals surface area contributed by atoms with Crippen molar-refractivity contribution in [3.63, 3.8) is 0 Å².